The fourth-order valence-corrected chi connectivity index (χ4v) is 2.01. The molecule has 0 radical (unpaired) electrons. The zero-order valence-electron chi connectivity index (χ0n) is 10.8. The predicted octanol–water partition coefficient (Wildman–Crippen LogP) is 3.80. The molecular formula is C14H21N3. The van der Waals surface area contributed by atoms with Crippen LogP contribution in [0.2, 0.25) is 0 Å². The van der Waals surface area contributed by atoms with Crippen molar-refractivity contribution in [3.63, 3.8) is 0 Å². The molecule has 0 aliphatic rings. The summed E-state index contributed by atoms with van der Waals surface area (Å²) in [7, 11) is 0. The summed E-state index contributed by atoms with van der Waals surface area (Å²) in [6, 6.07) is 6.71. The van der Waals surface area contributed by atoms with Crippen LogP contribution < -0.4 is 5.32 Å². The number of benzene rings is 1. The first kappa shape index (κ1) is 12.0. The minimum atomic E-state index is 0.498. The molecular weight excluding hydrogens is 210 g/mol. The molecule has 92 valence electrons. The topological polar surface area (TPSA) is 40.7 Å². The van der Waals surface area contributed by atoms with Crippen molar-refractivity contribution in [3.05, 3.63) is 24.4 Å². The van der Waals surface area contributed by atoms with Gasteiger partial charge in [0.2, 0.25) is 0 Å². The van der Waals surface area contributed by atoms with Gasteiger partial charge >= 0.3 is 0 Å². The highest BCUT2D eigenvalue weighted by atomic mass is 15.1. The van der Waals surface area contributed by atoms with Crippen molar-refractivity contribution in [1.82, 2.24) is 10.2 Å². The predicted molar refractivity (Wildman–Crippen MR) is 73.3 cm³/mol. The second-order valence-electron chi connectivity index (χ2n) is 5.15. The van der Waals surface area contributed by atoms with E-state index in [1.54, 1.807) is 0 Å². The van der Waals surface area contributed by atoms with E-state index in [1.165, 1.54) is 23.9 Å². The summed E-state index contributed by atoms with van der Waals surface area (Å²) in [5.41, 5.74) is 2.26. The number of nitrogens with one attached hydrogen (secondary N) is 2. The molecule has 0 fully saturated rings. The lowest BCUT2D eigenvalue weighted by Crippen LogP contribution is -2.15. The van der Waals surface area contributed by atoms with E-state index in [1.807, 2.05) is 12.3 Å². The molecule has 2 N–H and O–H groups in total. The van der Waals surface area contributed by atoms with Crippen LogP contribution in [0.1, 0.15) is 33.6 Å². The van der Waals surface area contributed by atoms with Gasteiger partial charge in [-0.3, -0.25) is 5.10 Å². The van der Waals surface area contributed by atoms with Gasteiger partial charge in [-0.2, -0.15) is 5.10 Å². The molecule has 0 saturated heterocycles. The van der Waals surface area contributed by atoms with E-state index in [-0.39, 0.29) is 0 Å². The van der Waals surface area contributed by atoms with Crippen LogP contribution in [0.4, 0.5) is 5.69 Å². The molecule has 2 aromatic rings. The molecule has 0 bridgehead atoms. The molecule has 0 aliphatic heterocycles. The molecule has 0 amide bonds. The van der Waals surface area contributed by atoms with Crippen LogP contribution in [0, 0.1) is 5.92 Å². The number of fused-ring (bicyclic) bond motifs is 1. The first-order valence-electron chi connectivity index (χ1n) is 6.35. The fourth-order valence-electron chi connectivity index (χ4n) is 2.01. The largest absolute Gasteiger partial charge is 0.382 e. The third-order valence-electron chi connectivity index (χ3n) is 3.06. The fraction of sp³-hybridized carbons (Fsp3) is 0.500. The van der Waals surface area contributed by atoms with Crippen LogP contribution in [-0.2, 0) is 0 Å². The Bertz CT molecular complexity index is 473. The van der Waals surface area contributed by atoms with Crippen LogP contribution in [-0.4, -0.2) is 16.2 Å². The Labute approximate surface area is 103 Å². The van der Waals surface area contributed by atoms with Crippen LogP contribution in [0.25, 0.3) is 10.9 Å². The number of aromatic amines is 1. The monoisotopic (exact) mass is 231 g/mol. The lowest BCUT2D eigenvalue weighted by atomic mass is 10.0. The van der Waals surface area contributed by atoms with Gasteiger partial charge in [0.25, 0.3) is 0 Å². The lowest BCUT2D eigenvalue weighted by molar-refractivity contribution is 0.528. The average molecular weight is 231 g/mol. The first-order valence-corrected chi connectivity index (χ1v) is 6.35. The normalized spacial score (nSPS) is 13.2. The summed E-state index contributed by atoms with van der Waals surface area (Å²) >= 11 is 0. The minimum Gasteiger partial charge on any atom is -0.382 e. The van der Waals surface area contributed by atoms with Gasteiger partial charge in [0, 0.05) is 17.1 Å². The summed E-state index contributed by atoms with van der Waals surface area (Å²) in [4.78, 5) is 0. The van der Waals surface area contributed by atoms with Gasteiger partial charge in [-0.1, -0.05) is 19.9 Å². The minimum absolute atomic E-state index is 0.498. The van der Waals surface area contributed by atoms with E-state index in [2.05, 4.69) is 48.4 Å². The Morgan fingerprint density at radius 3 is 2.82 bits per heavy atom. The number of nitrogens with zero attached hydrogens (tertiary/aromatic N) is 1. The maximum atomic E-state index is 4.08. The smallest absolute Gasteiger partial charge is 0.0671 e. The van der Waals surface area contributed by atoms with Gasteiger partial charge < -0.3 is 5.32 Å². The number of hydrogen-bond acceptors (Lipinski definition) is 2. The number of H-pyrrole nitrogens is 1. The Kier molecular flexibility index (Phi) is 3.67. The summed E-state index contributed by atoms with van der Waals surface area (Å²) in [5, 5.41) is 11.8. The zero-order chi connectivity index (χ0) is 12.3. The summed E-state index contributed by atoms with van der Waals surface area (Å²) in [6.07, 6.45) is 4.34. The van der Waals surface area contributed by atoms with Crippen molar-refractivity contribution in [2.75, 3.05) is 5.32 Å². The molecule has 2 rings (SSSR count). The quantitative estimate of drug-likeness (QED) is 0.821. The lowest BCUT2D eigenvalue weighted by Gasteiger charge is -2.16. The number of anilines is 1. The van der Waals surface area contributed by atoms with E-state index in [9.17, 15) is 0 Å². The highest BCUT2D eigenvalue weighted by Gasteiger charge is 2.07. The van der Waals surface area contributed by atoms with E-state index < -0.39 is 0 Å². The molecule has 1 heterocycles. The van der Waals surface area contributed by atoms with E-state index >= 15 is 0 Å². The average Bonchev–Trinajstić information content (AvgIpc) is 2.75. The van der Waals surface area contributed by atoms with Crippen molar-refractivity contribution in [2.45, 2.75) is 39.7 Å². The highest BCUT2D eigenvalue weighted by molar-refractivity contribution is 5.90. The van der Waals surface area contributed by atoms with Crippen LogP contribution in [0.3, 0.4) is 0 Å². The molecule has 3 heteroatoms. The highest BCUT2D eigenvalue weighted by Crippen LogP contribution is 2.22. The molecule has 1 aromatic carbocycles. The Balaban J connectivity index is 2.05. The van der Waals surface area contributed by atoms with Gasteiger partial charge in [-0.05, 0) is 37.8 Å². The van der Waals surface area contributed by atoms with Crippen LogP contribution in [0.15, 0.2) is 24.4 Å². The van der Waals surface area contributed by atoms with E-state index in [0.717, 1.165) is 11.4 Å². The number of aromatic nitrogens is 2. The third-order valence-corrected chi connectivity index (χ3v) is 3.06. The molecule has 0 saturated carbocycles. The summed E-state index contributed by atoms with van der Waals surface area (Å²) < 4.78 is 0. The Morgan fingerprint density at radius 1 is 1.24 bits per heavy atom. The van der Waals surface area contributed by atoms with Gasteiger partial charge in [0.1, 0.15) is 0 Å². The molecule has 0 aliphatic carbocycles. The first-order chi connectivity index (χ1) is 8.16. The summed E-state index contributed by atoms with van der Waals surface area (Å²) in [5.74, 6) is 0.768. The second-order valence-corrected chi connectivity index (χ2v) is 5.15. The van der Waals surface area contributed by atoms with Crippen molar-refractivity contribution >= 4 is 16.6 Å². The maximum Gasteiger partial charge on any atom is 0.0671 e. The second kappa shape index (κ2) is 5.21. The Morgan fingerprint density at radius 2 is 2.06 bits per heavy atom. The van der Waals surface area contributed by atoms with Crippen molar-refractivity contribution in [1.29, 1.82) is 0 Å². The van der Waals surface area contributed by atoms with E-state index in [4.69, 9.17) is 0 Å². The van der Waals surface area contributed by atoms with Crippen LogP contribution in [0.5, 0.6) is 0 Å². The number of hydrogen-bond donors (Lipinski definition) is 2. The van der Waals surface area contributed by atoms with Gasteiger partial charge in [0.05, 0.1) is 11.7 Å². The molecule has 0 spiro atoms. The van der Waals surface area contributed by atoms with Gasteiger partial charge in [-0.25, -0.2) is 0 Å². The van der Waals surface area contributed by atoms with E-state index in [0.29, 0.717) is 6.04 Å². The van der Waals surface area contributed by atoms with Gasteiger partial charge in [0.15, 0.2) is 0 Å². The summed E-state index contributed by atoms with van der Waals surface area (Å²) in [6.45, 7) is 6.77. The number of rotatable bonds is 5. The van der Waals surface area contributed by atoms with Gasteiger partial charge in [-0.15, -0.1) is 0 Å². The molecule has 1 unspecified atom stereocenters. The van der Waals surface area contributed by atoms with Crippen molar-refractivity contribution in [2.24, 2.45) is 5.92 Å². The van der Waals surface area contributed by atoms with Crippen molar-refractivity contribution < 1.29 is 0 Å². The molecule has 17 heavy (non-hydrogen) atoms. The Hall–Kier alpha value is -1.51. The standard InChI is InChI=1S/C14H21N3/c1-10(2)7-8-11(3)16-13-5-4-6-14-12(13)9-15-17-14/h4-6,9-11,16H,7-8H2,1-3H3,(H,15,17). The third kappa shape index (κ3) is 2.99. The maximum absolute atomic E-state index is 4.08. The molecule has 1 atom stereocenters. The van der Waals surface area contributed by atoms with Crippen molar-refractivity contribution in [3.8, 4) is 0 Å². The SMILES string of the molecule is CC(C)CCC(C)Nc1cccc2[nH]ncc12. The molecule has 1 aromatic heterocycles. The van der Waals surface area contributed by atoms with Crippen LogP contribution >= 0.6 is 0 Å². The zero-order valence-corrected chi connectivity index (χ0v) is 10.8. The molecule has 3 nitrogen and oxygen atoms in total.